The van der Waals surface area contributed by atoms with E-state index in [1.807, 2.05) is 12.1 Å². The summed E-state index contributed by atoms with van der Waals surface area (Å²) in [5.41, 5.74) is 0.665. The molecule has 3 aromatic rings. The molecule has 0 aliphatic heterocycles. The third-order valence-corrected chi connectivity index (χ3v) is 3.76. The number of halogens is 3. The highest BCUT2D eigenvalue weighted by Gasteiger charge is 2.13. The summed E-state index contributed by atoms with van der Waals surface area (Å²) in [6, 6.07) is 12.3. The summed E-state index contributed by atoms with van der Waals surface area (Å²) in [6.45, 7) is 0.0808. The van der Waals surface area contributed by atoms with E-state index in [1.54, 1.807) is 30.3 Å². The second-order valence-corrected chi connectivity index (χ2v) is 5.56. The van der Waals surface area contributed by atoms with E-state index in [4.69, 9.17) is 44.1 Å². The summed E-state index contributed by atoms with van der Waals surface area (Å²) >= 11 is 18.1. The maximum atomic E-state index is 6.09. The molecule has 3 rings (SSSR count). The van der Waals surface area contributed by atoms with E-state index >= 15 is 0 Å². The van der Waals surface area contributed by atoms with Crippen LogP contribution >= 0.6 is 34.8 Å². The van der Waals surface area contributed by atoms with Crippen molar-refractivity contribution in [2.24, 2.45) is 0 Å². The van der Waals surface area contributed by atoms with Crippen LogP contribution in [0.4, 0.5) is 0 Å². The number of para-hydroxylation sites is 1. The highest BCUT2D eigenvalue weighted by atomic mass is 35.5. The van der Waals surface area contributed by atoms with Gasteiger partial charge in [0.25, 0.3) is 5.89 Å². The number of hydrogen-bond donors (Lipinski definition) is 0. The van der Waals surface area contributed by atoms with Crippen LogP contribution in [0.25, 0.3) is 11.5 Å². The largest absolute Gasteiger partial charge is 0.482 e. The standard InChI is InChI=1S/C15H9Cl3N2O2/c16-10-5-2-1-4-9(10)15-19-13(20-22-15)8-21-14-11(17)6-3-7-12(14)18/h1-7H,8H2. The number of rotatable bonds is 4. The topological polar surface area (TPSA) is 48.2 Å². The number of aromatic nitrogens is 2. The molecule has 0 spiro atoms. The van der Waals surface area contributed by atoms with Crippen molar-refractivity contribution in [1.82, 2.24) is 10.1 Å². The molecule has 0 amide bonds. The van der Waals surface area contributed by atoms with Gasteiger partial charge in [0.2, 0.25) is 5.82 Å². The van der Waals surface area contributed by atoms with Gasteiger partial charge in [-0.3, -0.25) is 0 Å². The normalized spacial score (nSPS) is 10.7. The predicted molar refractivity (Wildman–Crippen MR) is 85.5 cm³/mol. The molecule has 0 bridgehead atoms. The Bertz CT molecular complexity index is 785. The predicted octanol–water partition coefficient (Wildman–Crippen LogP) is 5.28. The van der Waals surface area contributed by atoms with Crippen LogP contribution in [0.2, 0.25) is 15.1 Å². The summed E-state index contributed by atoms with van der Waals surface area (Å²) in [7, 11) is 0. The van der Waals surface area contributed by atoms with E-state index in [1.165, 1.54) is 0 Å². The molecule has 0 aliphatic carbocycles. The van der Waals surface area contributed by atoms with Crippen molar-refractivity contribution in [1.29, 1.82) is 0 Å². The maximum Gasteiger partial charge on any atom is 0.259 e. The Hall–Kier alpha value is -1.75. The van der Waals surface area contributed by atoms with Crippen LogP contribution in [0.3, 0.4) is 0 Å². The zero-order valence-corrected chi connectivity index (χ0v) is 13.4. The van der Waals surface area contributed by atoms with Crippen LogP contribution in [0.1, 0.15) is 5.82 Å². The molecule has 1 heterocycles. The highest BCUT2D eigenvalue weighted by molar-refractivity contribution is 6.37. The van der Waals surface area contributed by atoms with Gasteiger partial charge >= 0.3 is 0 Å². The minimum Gasteiger partial charge on any atom is -0.482 e. The van der Waals surface area contributed by atoms with Crippen molar-refractivity contribution in [2.75, 3.05) is 0 Å². The van der Waals surface area contributed by atoms with E-state index in [2.05, 4.69) is 10.1 Å². The van der Waals surface area contributed by atoms with Crippen molar-refractivity contribution < 1.29 is 9.26 Å². The van der Waals surface area contributed by atoms with Gasteiger partial charge in [0.05, 0.1) is 20.6 Å². The van der Waals surface area contributed by atoms with Gasteiger partial charge in [-0.05, 0) is 24.3 Å². The molecule has 0 radical (unpaired) electrons. The quantitative estimate of drug-likeness (QED) is 0.639. The van der Waals surface area contributed by atoms with E-state index < -0.39 is 0 Å². The van der Waals surface area contributed by atoms with E-state index in [9.17, 15) is 0 Å². The smallest absolute Gasteiger partial charge is 0.259 e. The first kappa shape index (κ1) is 15.2. The van der Waals surface area contributed by atoms with Crippen molar-refractivity contribution in [3.8, 4) is 17.2 Å². The first-order valence-corrected chi connectivity index (χ1v) is 7.43. The fourth-order valence-electron chi connectivity index (χ4n) is 1.81. The fourth-order valence-corrected chi connectivity index (χ4v) is 2.54. The molecular formula is C15H9Cl3N2O2. The fraction of sp³-hybridized carbons (Fsp3) is 0.0667. The highest BCUT2D eigenvalue weighted by Crippen LogP contribution is 2.33. The van der Waals surface area contributed by atoms with Gasteiger partial charge in [0.1, 0.15) is 0 Å². The van der Waals surface area contributed by atoms with Crippen LogP contribution in [0.15, 0.2) is 47.0 Å². The van der Waals surface area contributed by atoms with Crippen LogP contribution in [0, 0.1) is 0 Å². The Morgan fingerprint density at radius 1 is 0.909 bits per heavy atom. The van der Waals surface area contributed by atoms with Gasteiger partial charge in [0.15, 0.2) is 12.4 Å². The number of benzene rings is 2. The summed E-state index contributed by atoms with van der Waals surface area (Å²) in [5.74, 6) is 1.08. The van der Waals surface area contributed by atoms with Gasteiger partial charge in [-0.1, -0.05) is 58.2 Å². The molecule has 0 saturated carbocycles. The molecule has 0 atom stereocenters. The second kappa shape index (κ2) is 6.57. The molecule has 0 saturated heterocycles. The Balaban J connectivity index is 1.77. The first-order chi connectivity index (χ1) is 10.6. The van der Waals surface area contributed by atoms with E-state index in [-0.39, 0.29) is 6.61 Å². The number of nitrogens with zero attached hydrogens (tertiary/aromatic N) is 2. The lowest BCUT2D eigenvalue weighted by Crippen LogP contribution is -1.98. The molecule has 7 heteroatoms. The van der Waals surface area contributed by atoms with Crippen LogP contribution < -0.4 is 4.74 Å². The van der Waals surface area contributed by atoms with Gasteiger partial charge in [0, 0.05) is 0 Å². The van der Waals surface area contributed by atoms with Crippen molar-refractivity contribution in [3.63, 3.8) is 0 Å². The van der Waals surface area contributed by atoms with E-state index in [0.717, 1.165) is 0 Å². The van der Waals surface area contributed by atoms with Gasteiger partial charge in [-0.15, -0.1) is 0 Å². The van der Waals surface area contributed by atoms with Gasteiger partial charge < -0.3 is 9.26 Å². The maximum absolute atomic E-state index is 6.09. The summed E-state index contributed by atoms with van der Waals surface area (Å²) < 4.78 is 10.7. The summed E-state index contributed by atoms with van der Waals surface area (Å²) in [4.78, 5) is 4.24. The SMILES string of the molecule is Clc1ccccc1-c1nc(COc2c(Cl)cccc2Cl)no1. The molecule has 2 aromatic carbocycles. The van der Waals surface area contributed by atoms with Gasteiger partial charge in [-0.2, -0.15) is 4.98 Å². The third kappa shape index (κ3) is 3.19. The summed E-state index contributed by atoms with van der Waals surface area (Å²) in [6.07, 6.45) is 0. The van der Waals surface area contributed by atoms with Crippen LogP contribution in [0.5, 0.6) is 5.75 Å². The molecule has 0 aliphatic rings. The molecular weight excluding hydrogens is 347 g/mol. The first-order valence-electron chi connectivity index (χ1n) is 6.29. The lowest BCUT2D eigenvalue weighted by atomic mass is 10.2. The monoisotopic (exact) mass is 354 g/mol. The molecule has 22 heavy (non-hydrogen) atoms. The lowest BCUT2D eigenvalue weighted by molar-refractivity contribution is 0.287. The molecule has 112 valence electrons. The van der Waals surface area contributed by atoms with E-state index in [0.29, 0.717) is 38.1 Å². The Kier molecular flexibility index (Phi) is 4.52. The second-order valence-electron chi connectivity index (χ2n) is 4.34. The molecule has 0 fully saturated rings. The van der Waals surface area contributed by atoms with Crippen molar-refractivity contribution >= 4 is 34.8 Å². The average Bonchev–Trinajstić information content (AvgIpc) is 2.96. The molecule has 4 nitrogen and oxygen atoms in total. The zero-order chi connectivity index (χ0) is 15.5. The van der Waals surface area contributed by atoms with Crippen molar-refractivity contribution in [2.45, 2.75) is 6.61 Å². The molecule has 1 aromatic heterocycles. The number of ether oxygens (including phenoxy) is 1. The average molecular weight is 356 g/mol. The minimum atomic E-state index is 0.0808. The Morgan fingerprint density at radius 3 is 2.32 bits per heavy atom. The molecule has 0 unspecified atom stereocenters. The molecule has 0 N–H and O–H groups in total. The number of hydrogen-bond acceptors (Lipinski definition) is 4. The van der Waals surface area contributed by atoms with Crippen molar-refractivity contribution in [3.05, 3.63) is 63.4 Å². The van der Waals surface area contributed by atoms with Crippen LogP contribution in [-0.4, -0.2) is 10.1 Å². The Morgan fingerprint density at radius 2 is 1.59 bits per heavy atom. The van der Waals surface area contributed by atoms with Gasteiger partial charge in [-0.25, -0.2) is 0 Å². The third-order valence-electron chi connectivity index (χ3n) is 2.84. The lowest BCUT2D eigenvalue weighted by Gasteiger charge is -2.07. The summed E-state index contributed by atoms with van der Waals surface area (Å²) in [5, 5.41) is 5.22. The Labute approximate surface area is 141 Å². The minimum absolute atomic E-state index is 0.0808. The zero-order valence-electron chi connectivity index (χ0n) is 11.1. The van der Waals surface area contributed by atoms with Crippen LogP contribution in [-0.2, 0) is 6.61 Å².